The summed E-state index contributed by atoms with van der Waals surface area (Å²) < 4.78 is 0.924. The first-order chi connectivity index (χ1) is 8.52. The predicted molar refractivity (Wildman–Crippen MR) is 73.3 cm³/mol. The van der Waals surface area contributed by atoms with Crippen molar-refractivity contribution >= 4 is 21.9 Å². The van der Waals surface area contributed by atoms with E-state index >= 15 is 0 Å². The molecule has 1 N–H and O–H groups in total. The number of hydrogen-bond donors (Lipinski definition) is 1. The Morgan fingerprint density at radius 2 is 2.17 bits per heavy atom. The third kappa shape index (κ3) is 2.91. The number of hydrogen-bond acceptors (Lipinski definition) is 2. The standard InChI is InChI=1S/C14H18BrNO2/c1-10-4-6-14(7-5-10,13(17)18)8-12-3-2-11(15)9-16-12/h2-3,9-10H,4-8H2,1H3,(H,17,18). The van der Waals surface area contributed by atoms with E-state index in [1.165, 1.54) is 0 Å². The molecule has 1 aromatic rings. The highest BCUT2D eigenvalue weighted by Crippen LogP contribution is 2.41. The summed E-state index contributed by atoms with van der Waals surface area (Å²) in [7, 11) is 0. The van der Waals surface area contributed by atoms with Gasteiger partial charge in [0.25, 0.3) is 0 Å². The molecule has 0 radical (unpaired) electrons. The summed E-state index contributed by atoms with van der Waals surface area (Å²) in [6, 6.07) is 3.83. The van der Waals surface area contributed by atoms with Crippen LogP contribution < -0.4 is 0 Å². The van der Waals surface area contributed by atoms with E-state index in [1.54, 1.807) is 6.20 Å². The van der Waals surface area contributed by atoms with Gasteiger partial charge < -0.3 is 5.11 Å². The third-order valence-electron chi connectivity index (χ3n) is 3.99. The molecule has 1 saturated carbocycles. The van der Waals surface area contributed by atoms with Gasteiger partial charge in [-0.25, -0.2) is 0 Å². The monoisotopic (exact) mass is 311 g/mol. The number of rotatable bonds is 3. The summed E-state index contributed by atoms with van der Waals surface area (Å²) in [5.41, 5.74) is 0.267. The first kappa shape index (κ1) is 13.5. The molecule has 0 amide bonds. The van der Waals surface area contributed by atoms with Gasteiger partial charge in [-0.05, 0) is 59.7 Å². The molecule has 1 heterocycles. The minimum absolute atomic E-state index is 0.544. The number of aliphatic carboxylic acids is 1. The molecule has 3 nitrogen and oxygen atoms in total. The van der Waals surface area contributed by atoms with E-state index in [9.17, 15) is 9.90 Å². The fourth-order valence-corrected chi connectivity index (χ4v) is 2.87. The van der Waals surface area contributed by atoms with Crippen LogP contribution in [0.4, 0.5) is 0 Å². The van der Waals surface area contributed by atoms with Crippen LogP contribution in [-0.2, 0) is 11.2 Å². The summed E-state index contributed by atoms with van der Waals surface area (Å²) in [6.07, 6.45) is 5.81. The maximum absolute atomic E-state index is 11.6. The first-order valence-electron chi connectivity index (χ1n) is 6.36. The van der Waals surface area contributed by atoms with Crippen molar-refractivity contribution in [3.63, 3.8) is 0 Å². The van der Waals surface area contributed by atoms with Gasteiger partial charge in [-0.2, -0.15) is 0 Å². The van der Waals surface area contributed by atoms with E-state index in [1.807, 2.05) is 12.1 Å². The highest BCUT2D eigenvalue weighted by molar-refractivity contribution is 9.10. The van der Waals surface area contributed by atoms with E-state index in [-0.39, 0.29) is 0 Å². The van der Waals surface area contributed by atoms with E-state index < -0.39 is 11.4 Å². The fraction of sp³-hybridized carbons (Fsp3) is 0.571. The number of carboxylic acid groups (broad SMARTS) is 1. The number of nitrogens with zero attached hydrogens (tertiary/aromatic N) is 1. The Kier molecular flexibility index (Phi) is 4.05. The molecule has 18 heavy (non-hydrogen) atoms. The van der Waals surface area contributed by atoms with Crippen LogP contribution in [0.2, 0.25) is 0 Å². The maximum Gasteiger partial charge on any atom is 0.310 e. The molecule has 1 aliphatic carbocycles. The Bertz CT molecular complexity index is 422. The minimum atomic E-state index is -0.667. The molecule has 1 aromatic heterocycles. The second-order valence-corrected chi connectivity index (χ2v) is 6.33. The number of halogens is 1. The topological polar surface area (TPSA) is 50.2 Å². The summed E-state index contributed by atoms with van der Waals surface area (Å²) in [6.45, 7) is 2.20. The Morgan fingerprint density at radius 3 is 2.67 bits per heavy atom. The third-order valence-corrected chi connectivity index (χ3v) is 4.46. The van der Waals surface area contributed by atoms with Gasteiger partial charge in [-0.1, -0.05) is 6.92 Å². The van der Waals surface area contributed by atoms with Crippen LogP contribution in [0.25, 0.3) is 0 Å². The minimum Gasteiger partial charge on any atom is -0.481 e. The lowest BCUT2D eigenvalue weighted by atomic mass is 9.68. The molecule has 0 saturated heterocycles. The summed E-state index contributed by atoms with van der Waals surface area (Å²) in [5.74, 6) is -0.0190. The highest BCUT2D eigenvalue weighted by atomic mass is 79.9. The van der Waals surface area contributed by atoms with Crippen molar-refractivity contribution in [2.24, 2.45) is 11.3 Å². The number of carbonyl (C=O) groups is 1. The van der Waals surface area contributed by atoms with Crippen molar-refractivity contribution in [1.82, 2.24) is 4.98 Å². The van der Waals surface area contributed by atoms with Gasteiger partial charge in [0.05, 0.1) is 5.41 Å². The van der Waals surface area contributed by atoms with Crippen molar-refractivity contribution in [2.45, 2.75) is 39.0 Å². The largest absolute Gasteiger partial charge is 0.481 e. The molecule has 98 valence electrons. The molecule has 0 atom stereocenters. The van der Waals surface area contributed by atoms with E-state index in [0.29, 0.717) is 12.3 Å². The highest BCUT2D eigenvalue weighted by Gasteiger charge is 2.41. The molecule has 4 heteroatoms. The lowest BCUT2D eigenvalue weighted by Crippen LogP contribution is -2.37. The van der Waals surface area contributed by atoms with Crippen LogP contribution in [0.5, 0.6) is 0 Å². The first-order valence-corrected chi connectivity index (χ1v) is 7.15. The molecule has 2 rings (SSSR count). The van der Waals surface area contributed by atoms with Crippen molar-refractivity contribution < 1.29 is 9.90 Å². The predicted octanol–water partition coefficient (Wildman–Crippen LogP) is 3.67. The molecule has 1 fully saturated rings. The van der Waals surface area contributed by atoms with Crippen LogP contribution in [0, 0.1) is 11.3 Å². The second-order valence-electron chi connectivity index (χ2n) is 5.41. The van der Waals surface area contributed by atoms with Crippen LogP contribution in [0.3, 0.4) is 0 Å². The van der Waals surface area contributed by atoms with Crippen LogP contribution in [0.15, 0.2) is 22.8 Å². The number of aromatic nitrogens is 1. The second kappa shape index (κ2) is 5.39. The van der Waals surface area contributed by atoms with Gasteiger partial charge in [0.2, 0.25) is 0 Å². The van der Waals surface area contributed by atoms with Crippen molar-refractivity contribution in [2.75, 3.05) is 0 Å². The summed E-state index contributed by atoms with van der Waals surface area (Å²) in [5, 5.41) is 9.55. The molecule has 1 aliphatic rings. The summed E-state index contributed by atoms with van der Waals surface area (Å²) >= 11 is 3.34. The lowest BCUT2D eigenvalue weighted by Gasteiger charge is -2.35. The Labute approximate surface area is 116 Å². The Balaban J connectivity index is 2.16. The average Bonchev–Trinajstić information content (AvgIpc) is 2.35. The van der Waals surface area contributed by atoms with Gasteiger partial charge in [0.1, 0.15) is 0 Å². The van der Waals surface area contributed by atoms with E-state index in [0.717, 1.165) is 35.8 Å². The zero-order chi connectivity index (χ0) is 13.2. The molecule has 0 unspecified atom stereocenters. The van der Waals surface area contributed by atoms with Crippen molar-refractivity contribution in [3.05, 3.63) is 28.5 Å². The normalized spacial score (nSPS) is 28.0. The molecule has 0 aliphatic heterocycles. The van der Waals surface area contributed by atoms with Crippen LogP contribution in [0.1, 0.15) is 38.3 Å². The average molecular weight is 312 g/mol. The molecular weight excluding hydrogens is 294 g/mol. The SMILES string of the molecule is CC1CCC(Cc2ccc(Br)cn2)(C(=O)O)CC1. The van der Waals surface area contributed by atoms with Crippen LogP contribution >= 0.6 is 15.9 Å². The Hall–Kier alpha value is -0.900. The summed E-state index contributed by atoms with van der Waals surface area (Å²) in [4.78, 5) is 15.9. The zero-order valence-corrected chi connectivity index (χ0v) is 12.1. The zero-order valence-electron chi connectivity index (χ0n) is 10.5. The maximum atomic E-state index is 11.6. The quantitative estimate of drug-likeness (QED) is 0.926. The Morgan fingerprint density at radius 1 is 1.50 bits per heavy atom. The smallest absolute Gasteiger partial charge is 0.310 e. The number of pyridine rings is 1. The van der Waals surface area contributed by atoms with Gasteiger partial charge in [-0.15, -0.1) is 0 Å². The van der Waals surface area contributed by atoms with Gasteiger partial charge in [0.15, 0.2) is 0 Å². The molecule has 0 aromatic carbocycles. The lowest BCUT2D eigenvalue weighted by molar-refractivity contribution is -0.151. The van der Waals surface area contributed by atoms with Crippen molar-refractivity contribution in [1.29, 1.82) is 0 Å². The molecular formula is C14H18BrNO2. The molecule has 0 bridgehead atoms. The van der Waals surface area contributed by atoms with Gasteiger partial charge in [-0.3, -0.25) is 9.78 Å². The van der Waals surface area contributed by atoms with E-state index in [2.05, 4.69) is 27.8 Å². The fourth-order valence-electron chi connectivity index (χ4n) is 2.64. The van der Waals surface area contributed by atoms with Gasteiger partial charge >= 0.3 is 5.97 Å². The number of carboxylic acids is 1. The van der Waals surface area contributed by atoms with Gasteiger partial charge in [0, 0.05) is 22.8 Å². The van der Waals surface area contributed by atoms with Crippen molar-refractivity contribution in [3.8, 4) is 0 Å². The molecule has 0 spiro atoms. The van der Waals surface area contributed by atoms with E-state index in [4.69, 9.17) is 0 Å². The van der Waals surface area contributed by atoms with Crippen LogP contribution in [-0.4, -0.2) is 16.1 Å².